The summed E-state index contributed by atoms with van der Waals surface area (Å²) in [6.45, 7) is 3.34. The Kier molecular flexibility index (Phi) is 4.64. The zero-order chi connectivity index (χ0) is 20.0. The number of H-pyrrole nitrogens is 1. The van der Waals surface area contributed by atoms with Crippen LogP contribution in [0.4, 0.5) is 13.6 Å². The summed E-state index contributed by atoms with van der Waals surface area (Å²) in [6, 6.07) is 3.85. The van der Waals surface area contributed by atoms with Crippen molar-refractivity contribution in [3.63, 3.8) is 0 Å². The molecule has 0 saturated carbocycles. The Bertz CT molecular complexity index is 910. The average Bonchev–Trinajstić information content (AvgIpc) is 3.36. The van der Waals surface area contributed by atoms with Crippen LogP contribution >= 0.6 is 0 Å². The highest BCUT2D eigenvalue weighted by Crippen LogP contribution is 2.40. The number of carbonyl (C=O) groups is 1. The lowest BCUT2D eigenvalue weighted by Crippen LogP contribution is -2.46. The van der Waals surface area contributed by atoms with Crippen LogP contribution in [0.15, 0.2) is 24.4 Å². The lowest BCUT2D eigenvalue weighted by Gasteiger charge is -2.34. The maximum absolute atomic E-state index is 13.9. The van der Waals surface area contributed by atoms with E-state index in [1.165, 1.54) is 12.1 Å². The largest absolute Gasteiger partial charge is 0.490 e. The summed E-state index contributed by atoms with van der Waals surface area (Å²) in [7, 11) is 0. The Morgan fingerprint density at radius 1 is 1.21 bits per heavy atom. The van der Waals surface area contributed by atoms with E-state index < -0.39 is 11.6 Å². The number of halogens is 2. The lowest BCUT2D eigenvalue weighted by atomic mass is 9.90. The first-order valence-electron chi connectivity index (χ1n) is 10.2. The standard InChI is InChI=1S/C21H24F2N4O2/c22-16-2-1-14(18(23)8-16)7-13-3-5-26(6-4-13)21(28)27-10-15-12-29-19-9-24-25-20(19)17(15)11-27/h1-2,8-9,13,15,17H,3-7,10-12H2,(H,24,25)/t15-,17-/m1/s1. The molecular weight excluding hydrogens is 378 g/mol. The fraction of sp³-hybridized carbons (Fsp3) is 0.524. The zero-order valence-electron chi connectivity index (χ0n) is 16.1. The van der Waals surface area contributed by atoms with Gasteiger partial charge in [-0.05, 0) is 36.8 Å². The van der Waals surface area contributed by atoms with Gasteiger partial charge in [0.15, 0.2) is 5.75 Å². The van der Waals surface area contributed by atoms with Gasteiger partial charge < -0.3 is 14.5 Å². The van der Waals surface area contributed by atoms with Gasteiger partial charge in [0.05, 0.1) is 18.5 Å². The molecule has 2 atom stereocenters. The van der Waals surface area contributed by atoms with Crippen LogP contribution in [0.1, 0.15) is 30.0 Å². The Labute approximate surface area is 167 Å². The molecule has 2 fully saturated rings. The van der Waals surface area contributed by atoms with E-state index >= 15 is 0 Å². The summed E-state index contributed by atoms with van der Waals surface area (Å²) < 4.78 is 32.7. The fourth-order valence-electron chi connectivity index (χ4n) is 4.91. The Morgan fingerprint density at radius 3 is 2.83 bits per heavy atom. The molecule has 154 valence electrons. The molecule has 4 heterocycles. The molecule has 1 aromatic carbocycles. The van der Waals surface area contributed by atoms with Crippen LogP contribution < -0.4 is 4.74 Å². The molecule has 2 saturated heterocycles. The number of aromatic amines is 1. The molecule has 0 aliphatic carbocycles. The molecule has 0 bridgehead atoms. The van der Waals surface area contributed by atoms with Gasteiger partial charge in [0.1, 0.15) is 11.6 Å². The number of aromatic nitrogens is 2. The third-order valence-electron chi connectivity index (χ3n) is 6.58. The molecule has 2 amide bonds. The highest BCUT2D eigenvalue weighted by Gasteiger charge is 2.42. The van der Waals surface area contributed by atoms with Crippen molar-refractivity contribution in [1.29, 1.82) is 0 Å². The number of ether oxygens (including phenoxy) is 1. The summed E-state index contributed by atoms with van der Waals surface area (Å²) in [4.78, 5) is 16.9. The van der Waals surface area contributed by atoms with Gasteiger partial charge in [0, 0.05) is 44.1 Å². The second-order valence-corrected chi connectivity index (χ2v) is 8.38. The number of nitrogens with zero attached hydrogens (tertiary/aromatic N) is 3. The first-order valence-corrected chi connectivity index (χ1v) is 10.2. The number of fused-ring (bicyclic) bond motifs is 3. The molecule has 1 N–H and O–H groups in total. The van der Waals surface area contributed by atoms with Gasteiger partial charge in [0.25, 0.3) is 0 Å². The SMILES string of the molecule is O=C(N1CCC(Cc2ccc(F)cc2F)CC1)N1C[C@@H]2COc3cn[nH]c3[C@@H]2C1. The van der Waals surface area contributed by atoms with Crippen LogP contribution in [-0.4, -0.2) is 58.8 Å². The molecule has 3 aliphatic heterocycles. The number of amides is 2. The van der Waals surface area contributed by atoms with Gasteiger partial charge in [0.2, 0.25) is 0 Å². The first kappa shape index (κ1) is 18.4. The molecule has 6 nitrogen and oxygen atoms in total. The Balaban J connectivity index is 1.17. The van der Waals surface area contributed by atoms with Crippen molar-refractivity contribution >= 4 is 6.03 Å². The predicted molar refractivity (Wildman–Crippen MR) is 102 cm³/mol. The molecule has 5 rings (SSSR count). The highest BCUT2D eigenvalue weighted by molar-refractivity contribution is 5.75. The van der Waals surface area contributed by atoms with Gasteiger partial charge >= 0.3 is 6.03 Å². The van der Waals surface area contributed by atoms with E-state index in [0.717, 1.165) is 30.4 Å². The van der Waals surface area contributed by atoms with Crippen LogP contribution in [0.25, 0.3) is 0 Å². The van der Waals surface area contributed by atoms with Crippen molar-refractivity contribution in [2.45, 2.75) is 25.2 Å². The Morgan fingerprint density at radius 2 is 2.03 bits per heavy atom. The van der Waals surface area contributed by atoms with Gasteiger partial charge in [-0.25, -0.2) is 13.6 Å². The predicted octanol–water partition coefficient (Wildman–Crippen LogP) is 3.17. The summed E-state index contributed by atoms with van der Waals surface area (Å²) in [5.74, 6) is 0.625. The molecule has 8 heteroatoms. The smallest absolute Gasteiger partial charge is 0.320 e. The second kappa shape index (κ2) is 7.31. The topological polar surface area (TPSA) is 61.5 Å². The summed E-state index contributed by atoms with van der Waals surface area (Å²) in [5, 5.41) is 7.09. The number of benzene rings is 1. The quantitative estimate of drug-likeness (QED) is 0.839. The minimum atomic E-state index is -0.550. The van der Waals surface area contributed by atoms with E-state index in [4.69, 9.17) is 4.74 Å². The van der Waals surface area contributed by atoms with Crippen LogP contribution in [0.3, 0.4) is 0 Å². The van der Waals surface area contributed by atoms with E-state index in [2.05, 4.69) is 10.2 Å². The third kappa shape index (κ3) is 3.45. The van der Waals surface area contributed by atoms with E-state index in [1.807, 2.05) is 9.80 Å². The number of likely N-dealkylation sites (tertiary alicyclic amines) is 2. The zero-order valence-corrected chi connectivity index (χ0v) is 16.1. The third-order valence-corrected chi connectivity index (χ3v) is 6.58. The van der Waals surface area contributed by atoms with E-state index in [9.17, 15) is 13.6 Å². The number of urea groups is 1. The van der Waals surface area contributed by atoms with Crippen molar-refractivity contribution in [3.8, 4) is 5.75 Å². The maximum Gasteiger partial charge on any atom is 0.320 e. The first-order chi connectivity index (χ1) is 14.1. The number of piperidine rings is 1. The lowest BCUT2D eigenvalue weighted by molar-refractivity contribution is 0.137. The minimum absolute atomic E-state index is 0.0758. The molecule has 3 aliphatic rings. The Hall–Kier alpha value is -2.64. The van der Waals surface area contributed by atoms with Crippen molar-refractivity contribution in [2.24, 2.45) is 11.8 Å². The van der Waals surface area contributed by atoms with Crippen molar-refractivity contribution in [2.75, 3.05) is 32.8 Å². The molecule has 1 aromatic heterocycles. The van der Waals surface area contributed by atoms with Crippen LogP contribution in [0.5, 0.6) is 5.75 Å². The number of rotatable bonds is 2. The molecule has 2 aromatic rings. The highest BCUT2D eigenvalue weighted by atomic mass is 19.1. The number of hydrogen-bond donors (Lipinski definition) is 1. The number of nitrogens with one attached hydrogen (secondary N) is 1. The summed E-state index contributed by atoms with van der Waals surface area (Å²) in [5.41, 5.74) is 1.55. The summed E-state index contributed by atoms with van der Waals surface area (Å²) in [6.07, 6.45) is 3.95. The maximum atomic E-state index is 13.9. The van der Waals surface area contributed by atoms with Gasteiger partial charge in [-0.3, -0.25) is 5.10 Å². The van der Waals surface area contributed by atoms with Gasteiger partial charge in [-0.2, -0.15) is 5.10 Å². The second-order valence-electron chi connectivity index (χ2n) is 8.38. The normalized spacial score (nSPS) is 24.2. The molecule has 0 spiro atoms. The molecule has 0 radical (unpaired) electrons. The van der Waals surface area contributed by atoms with Crippen LogP contribution in [0, 0.1) is 23.5 Å². The van der Waals surface area contributed by atoms with Crippen molar-refractivity contribution < 1.29 is 18.3 Å². The van der Waals surface area contributed by atoms with E-state index in [1.54, 1.807) is 6.20 Å². The molecule has 29 heavy (non-hydrogen) atoms. The number of hydrogen-bond acceptors (Lipinski definition) is 3. The van der Waals surface area contributed by atoms with Crippen LogP contribution in [-0.2, 0) is 6.42 Å². The average molecular weight is 402 g/mol. The van der Waals surface area contributed by atoms with Gasteiger partial charge in [-0.1, -0.05) is 6.07 Å². The van der Waals surface area contributed by atoms with Crippen molar-refractivity contribution in [1.82, 2.24) is 20.0 Å². The summed E-state index contributed by atoms with van der Waals surface area (Å²) >= 11 is 0. The molecule has 0 unspecified atom stereocenters. The number of carbonyl (C=O) groups excluding carboxylic acids is 1. The monoisotopic (exact) mass is 402 g/mol. The minimum Gasteiger partial charge on any atom is -0.490 e. The van der Waals surface area contributed by atoms with E-state index in [-0.39, 0.29) is 11.9 Å². The molecular formula is C21H24F2N4O2. The van der Waals surface area contributed by atoms with Gasteiger partial charge in [-0.15, -0.1) is 0 Å². The van der Waals surface area contributed by atoms with E-state index in [0.29, 0.717) is 56.6 Å². The van der Waals surface area contributed by atoms with Crippen LogP contribution in [0.2, 0.25) is 0 Å². The van der Waals surface area contributed by atoms with Crippen molar-refractivity contribution in [3.05, 3.63) is 47.3 Å². The fourth-order valence-corrected chi connectivity index (χ4v) is 4.91.